The topological polar surface area (TPSA) is 72.2 Å². The Labute approximate surface area is 138 Å². The lowest BCUT2D eigenvalue weighted by Crippen LogP contribution is -2.25. The van der Waals surface area contributed by atoms with Crippen LogP contribution in [0, 0.1) is 15.9 Å². The summed E-state index contributed by atoms with van der Waals surface area (Å²) < 4.78 is 13.1. The molecule has 122 valence electrons. The molecule has 0 aromatic heterocycles. The van der Waals surface area contributed by atoms with Gasteiger partial charge in [0.1, 0.15) is 5.82 Å². The molecule has 0 fully saturated rings. The first-order valence-corrected chi connectivity index (χ1v) is 7.55. The van der Waals surface area contributed by atoms with Crippen LogP contribution >= 0.6 is 0 Å². The SMILES string of the molecule is O=C(C=Cc1ccc(F)cc1[N+](=O)[O-])NC1CCc2ccccc21. The number of fused-ring (bicyclic) bond motifs is 1. The van der Waals surface area contributed by atoms with Gasteiger partial charge in [-0.3, -0.25) is 14.9 Å². The van der Waals surface area contributed by atoms with E-state index in [2.05, 4.69) is 5.32 Å². The summed E-state index contributed by atoms with van der Waals surface area (Å²) >= 11 is 0. The fourth-order valence-electron chi connectivity index (χ4n) is 2.91. The molecule has 1 unspecified atom stereocenters. The fraction of sp³-hybridized carbons (Fsp3) is 0.167. The third-order valence-electron chi connectivity index (χ3n) is 4.05. The number of aryl methyl sites for hydroxylation is 1. The molecular weight excluding hydrogens is 311 g/mol. The van der Waals surface area contributed by atoms with Crippen LogP contribution in [-0.4, -0.2) is 10.8 Å². The summed E-state index contributed by atoms with van der Waals surface area (Å²) in [5, 5.41) is 13.8. The smallest absolute Gasteiger partial charge is 0.279 e. The summed E-state index contributed by atoms with van der Waals surface area (Å²) in [5.74, 6) is -1.03. The molecular formula is C18H15FN2O3. The molecule has 0 bridgehead atoms. The highest BCUT2D eigenvalue weighted by molar-refractivity contribution is 5.92. The lowest BCUT2D eigenvalue weighted by molar-refractivity contribution is -0.385. The lowest BCUT2D eigenvalue weighted by Gasteiger charge is -2.12. The first-order chi connectivity index (χ1) is 11.5. The second-order valence-corrected chi connectivity index (χ2v) is 5.59. The van der Waals surface area contributed by atoms with Crippen molar-refractivity contribution in [2.24, 2.45) is 0 Å². The molecule has 3 rings (SSSR count). The van der Waals surface area contributed by atoms with Crippen LogP contribution in [0.3, 0.4) is 0 Å². The Bertz CT molecular complexity index is 833. The molecule has 0 radical (unpaired) electrons. The van der Waals surface area contributed by atoms with Crippen LogP contribution in [0.25, 0.3) is 6.08 Å². The summed E-state index contributed by atoms with van der Waals surface area (Å²) in [6, 6.07) is 11.1. The average molecular weight is 326 g/mol. The summed E-state index contributed by atoms with van der Waals surface area (Å²) in [6.45, 7) is 0. The zero-order valence-electron chi connectivity index (χ0n) is 12.7. The predicted octanol–water partition coefficient (Wildman–Crippen LogP) is 3.55. The molecule has 2 aromatic carbocycles. The molecule has 1 atom stereocenters. The maximum absolute atomic E-state index is 13.1. The van der Waals surface area contributed by atoms with E-state index in [4.69, 9.17) is 0 Å². The monoisotopic (exact) mass is 326 g/mol. The number of carbonyl (C=O) groups is 1. The highest BCUT2D eigenvalue weighted by Gasteiger charge is 2.22. The molecule has 1 aliphatic rings. The number of nitro groups is 1. The molecule has 5 nitrogen and oxygen atoms in total. The predicted molar refractivity (Wildman–Crippen MR) is 87.7 cm³/mol. The highest BCUT2D eigenvalue weighted by Crippen LogP contribution is 2.30. The molecule has 0 saturated carbocycles. The van der Waals surface area contributed by atoms with Crippen LogP contribution in [-0.2, 0) is 11.2 Å². The van der Waals surface area contributed by atoms with Crippen molar-refractivity contribution in [1.82, 2.24) is 5.32 Å². The van der Waals surface area contributed by atoms with E-state index < -0.39 is 10.7 Å². The van der Waals surface area contributed by atoms with E-state index in [0.717, 1.165) is 30.5 Å². The number of benzene rings is 2. The zero-order chi connectivity index (χ0) is 17.1. The van der Waals surface area contributed by atoms with Gasteiger partial charge in [-0.25, -0.2) is 4.39 Å². The summed E-state index contributed by atoms with van der Waals surface area (Å²) in [4.78, 5) is 22.4. The molecule has 1 aliphatic carbocycles. The largest absolute Gasteiger partial charge is 0.346 e. The minimum Gasteiger partial charge on any atom is -0.346 e. The van der Waals surface area contributed by atoms with E-state index >= 15 is 0 Å². The van der Waals surface area contributed by atoms with E-state index in [9.17, 15) is 19.3 Å². The van der Waals surface area contributed by atoms with Crippen LogP contribution in [0.4, 0.5) is 10.1 Å². The van der Waals surface area contributed by atoms with Crippen LogP contribution in [0.5, 0.6) is 0 Å². The van der Waals surface area contributed by atoms with E-state index in [1.165, 1.54) is 23.8 Å². The number of hydrogen-bond donors (Lipinski definition) is 1. The maximum Gasteiger partial charge on any atom is 0.279 e. The van der Waals surface area contributed by atoms with Crippen LogP contribution < -0.4 is 5.32 Å². The molecule has 6 heteroatoms. The standard InChI is InChI=1S/C18H15FN2O3/c19-14-8-5-13(17(11-14)21(23)24)7-10-18(22)20-16-9-6-12-3-1-2-4-15(12)16/h1-5,7-8,10-11,16H,6,9H2,(H,20,22). The van der Waals surface area contributed by atoms with Gasteiger partial charge in [-0.15, -0.1) is 0 Å². The van der Waals surface area contributed by atoms with E-state index in [1.54, 1.807) is 0 Å². The van der Waals surface area contributed by atoms with Gasteiger partial charge in [0.15, 0.2) is 0 Å². The number of rotatable bonds is 4. The number of halogens is 1. The molecule has 0 aliphatic heterocycles. The van der Waals surface area contributed by atoms with Crippen molar-refractivity contribution in [3.8, 4) is 0 Å². The van der Waals surface area contributed by atoms with E-state index in [0.29, 0.717) is 0 Å². The third-order valence-corrected chi connectivity index (χ3v) is 4.05. The quantitative estimate of drug-likeness (QED) is 0.530. The van der Waals surface area contributed by atoms with Crippen molar-refractivity contribution >= 4 is 17.7 Å². The maximum atomic E-state index is 13.1. The second-order valence-electron chi connectivity index (χ2n) is 5.59. The summed E-state index contributed by atoms with van der Waals surface area (Å²) in [6.07, 6.45) is 4.30. The van der Waals surface area contributed by atoms with Gasteiger partial charge in [0, 0.05) is 6.08 Å². The van der Waals surface area contributed by atoms with Crippen LogP contribution in [0.1, 0.15) is 29.2 Å². The van der Waals surface area contributed by atoms with Gasteiger partial charge in [0.05, 0.1) is 22.6 Å². The Hall–Kier alpha value is -3.02. The Balaban J connectivity index is 1.72. The molecule has 0 saturated heterocycles. The Morgan fingerprint density at radius 1 is 1.29 bits per heavy atom. The number of amides is 1. The van der Waals surface area contributed by atoms with Gasteiger partial charge in [0.2, 0.25) is 5.91 Å². The third kappa shape index (κ3) is 3.32. The fourth-order valence-corrected chi connectivity index (χ4v) is 2.91. The van der Waals surface area contributed by atoms with Crippen molar-refractivity contribution in [1.29, 1.82) is 0 Å². The Morgan fingerprint density at radius 3 is 2.88 bits per heavy atom. The second kappa shape index (κ2) is 6.62. The average Bonchev–Trinajstić information content (AvgIpc) is 2.97. The van der Waals surface area contributed by atoms with Gasteiger partial charge in [-0.1, -0.05) is 24.3 Å². The Kier molecular flexibility index (Phi) is 4.37. The van der Waals surface area contributed by atoms with E-state index in [1.807, 2.05) is 24.3 Å². The van der Waals surface area contributed by atoms with Crippen molar-refractivity contribution in [3.05, 3.63) is 81.2 Å². The molecule has 0 spiro atoms. The zero-order valence-corrected chi connectivity index (χ0v) is 12.7. The van der Waals surface area contributed by atoms with Crippen molar-refractivity contribution in [2.75, 3.05) is 0 Å². The number of nitro benzene ring substituents is 1. The minimum absolute atomic E-state index is 0.0541. The normalized spacial score (nSPS) is 16.1. The number of nitrogens with zero attached hydrogens (tertiary/aromatic N) is 1. The van der Waals surface area contributed by atoms with Gasteiger partial charge in [0.25, 0.3) is 5.69 Å². The number of nitrogens with one attached hydrogen (secondary N) is 1. The van der Waals surface area contributed by atoms with Crippen LogP contribution in [0.2, 0.25) is 0 Å². The van der Waals surface area contributed by atoms with E-state index in [-0.39, 0.29) is 23.2 Å². The Morgan fingerprint density at radius 2 is 2.08 bits per heavy atom. The summed E-state index contributed by atoms with van der Waals surface area (Å²) in [7, 11) is 0. The minimum atomic E-state index is -0.689. The van der Waals surface area contributed by atoms with Crippen LogP contribution in [0.15, 0.2) is 48.5 Å². The molecule has 24 heavy (non-hydrogen) atoms. The first kappa shape index (κ1) is 15.9. The van der Waals surface area contributed by atoms with Crippen molar-refractivity contribution in [2.45, 2.75) is 18.9 Å². The number of carbonyl (C=O) groups excluding carboxylic acids is 1. The van der Waals surface area contributed by atoms with Gasteiger partial charge in [-0.2, -0.15) is 0 Å². The number of hydrogen-bond acceptors (Lipinski definition) is 3. The van der Waals surface area contributed by atoms with Gasteiger partial charge in [-0.05, 0) is 42.2 Å². The highest BCUT2D eigenvalue weighted by atomic mass is 19.1. The molecule has 2 aromatic rings. The summed E-state index contributed by atoms with van der Waals surface area (Å²) in [5.41, 5.74) is 2.14. The molecule has 0 heterocycles. The molecule has 1 N–H and O–H groups in total. The van der Waals surface area contributed by atoms with Gasteiger partial charge >= 0.3 is 0 Å². The molecule has 1 amide bonds. The first-order valence-electron chi connectivity index (χ1n) is 7.55. The lowest BCUT2D eigenvalue weighted by atomic mass is 10.1. The van der Waals surface area contributed by atoms with Gasteiger partial charge < -0.3 is 5.32 Å². The van der Waals surface area contributed by atoms with Crippen molar-refractivity contribution in [3.63, 3.8) is 0 Å². The van der Waals surface area contributed by atoms with Crippen molar-refractivity contribution < 1.29 is 14.1 Å².